The quantitative estimate of drug-likeness (QED) is 0.812. The van der Waals surface area contributed by atoms with Gasteiger partial charge in [0.25, 0.3) is 0 Å². The van der Waals surface area contributed by atoms with Crippen LogP contribution in [-0.4, -0.2) is 10.9 Å². The van der Waals surface area contributed by atoms with Crippen molar-refractivity contribution in [2.45, 2.75) is 6.92 Å². The molecule has 15 heavy (non-hydrogen) atoms. The first-order chi connectivity index (χ1) is 7.25. The Labute approximate surface area is 86.9 Å². The summed E-state index contributed by atoms with van der Waals surface area (Å²) in [5.41, 5.74) is 1.65. The van der Waals surface area contributed by atoms with Gasteiger partial charge in [0.15, 0.2) is 0 Å². The average molecular weight is 202 g/mol. The Balaban J connectivity index is 2.21. The van der Waals surface area contributed by atoms with E-state index in [-0.39, 0.29) is 5.91 Å². The number of oxazole rings is 1. The second kappa shape index (κ2) is 3.96. The Morgan fingerprint density at radius 3 is 2.60 bits per heavy atom. The summed E-state index contributed by atoms with van der Waals surface area (Å²) in [4.78, 5) is 14.8. The van der Waals surface area contributed by atoms with Crippen LogP contribution in [0.5, 0.6) is 0 Å². The summed E-state index contributed by atoms with van der Waals surface area (Å²) in [5.74, 6) is 0.489. The number of carbonyl (C=O) groups excluding carboxylic acids is 1. The molecule has 4 heteroatoms. The van der Waals surface area contributed by atoms with E-state index in [0.29, 0.717) is 5.89 Å². The Morgan fingerprint density at radius 2 is 2.07 bits per heavy atom. The second-order valence-corrected chi connectivity index (χ2v) is 3.10. The van der Waals surface area contributed by atoms with Gasteiger partial charge in [-0.1, -0.05) is 0 Å². The Hall–Kier alpha value is -2.10. The van der Waals surface area contributed by atoms with Crippen LogP contribution in [0.25, 0.3) is 11.5 Å². The van der Waals surface area contributed by atoms with Crippen LogP contribution in [0, 0.1) is 0 Å². The van der Waals surface area contributed by atoms with Crippen molar-refractivity contribution in [3.8, 4) is 11.5 Å². The van der Waals surface area contributed by atoms with Gasteiger partial charge in [-0.25, -0.2) is 4.98 Å². The maximum absolute atomic E-state index is 10.8. The van der Waals surface area contributed by atoms with Gasteiger partial charge in [0, 0.05) is 18.2 Å². The number of nitrogens with zero attached hydrogens (tertiary/aromatic N) is 1. The molecular formula is C11H10N2O2. The molecule has 0 spiro atoms. The molecule has 0 atom stereocenters. The number of benzene rings is 1. The van der Waals surface area contributed by atoms with Crippen molar-refractivity contribution in [3.05, 3.63) is 36.7 Å². The van der Waals surface area contributed by atoms with Crippen LogP contribution in [0.1, 0.15) is 6.92 Å². The van der Waals surface area contributed by atoms with Crippen molar-refractivity contribution in [2.75, 3.05) is 5.32 Å². The molecule has 1 aromatic carbocycles. The van der Waals surface area contributed by atoms with E-state index >= 15 is 0 Å². The van der Waals surface area contributed by atoms with E-state index in [4.69, 9.17) is 4.42 Å². The monoisotopic (exact) mass is 202 g/mol. The van der Waals surface area contributed by atoms with Gasteiger partial charge in [0.05, 0.1) is 6.20 Å². The lowest BCUT2D eigenvalue weighted by Gasteiger charge is -2.01. The minimum Gasteiger partial charge on any atom is -0.445 e. The molecule has 4 nitrogen and oxygen atoms in total. The number of anilines is 1. The first-order valence-electron chi connectivity index (χ1n) is 4.53. The van der Waals surface area contributed by atoms with Crippen LogP contribution in [0.3, 0.4) is 0 Å². The molecule has 0 unspecified atom stereocenters. The number of carbonyl (C=O) groups is 1. The third-order valence-electron chi connectivity index (χ3n) is 1.88. The fourth-order valence-electron chi connectivity index (χ4n) is 1.27. The van der Waals surface area contributed by atoms with E-state index in [9.17, 15) is 4.79 Å². The van der Waals surface area contributed by atoms with Crippen LogP contribution in [-0.2, 0) is 4.79 Å². The maximum Gasteiger partial charge on any atom is 0.225 e. The van der Waals surface area contributed by atoms with E-state index < -0.39 is 0 Å². The fourth-order valence-corrected chi connectivity index (χ4v) is 1.27. The van der Waals surface area contributed by atoms with Crippen molar-refractivity contribution in [1.29, 1.82) is 0 Å². The zero-order valence-electron chi connectivity index (χ0n) is 8.23. The average Bonchev–Trinajstić information content (AvgIpc) is 2.71. The van der Waals surface area contributed by atoms with Crippen LogP contribution < -0.4 is 5.32 Å². The van der Waals surface area contributed by atoms with E-state index in [1.165, 1.54) is 13.2 Å². The Bertz CT molecular complexity index is 446. The van der Waals surface area contributed by atoms with Crippen molar-refractivity contribution < 1.29 is 9.21 Å². The van der Waals surface area contributed by atoms with Crippen LogP contribution in [0.15, 0.2) is 41.1 Å². The Morgan fingerprint density at radius 1 is 1.33 bits per heavy atom. The molecule has 76 valence electrons. The molecule has 0 aliphatic carbocycles. The predicted molar refractivity (Wildman–Crippen MR) is 56.2 cm³/mol. The van der Waals surface area contributed by atoms with Gasteiger partial charge in [-0.05, 0) is 24.3 Å². The van der Waals surface area contributed by atoms with Crippen molar-refractivity contribution in [3.63, 3.8) is 0 Å². The maximum atomic E-state index is 10.8. The van der Waals surface area contributed by atoms with Gasteiger partial charge in [-0.2, -0.15) is 0 Å². The largest absolute Gasteiger partial charge is 0.445 e. The molecular weight excluding hydrogens is 192 g/mol. The minimum absolute atomic E-state index is 0.0844. The van der Waals surface area contributed by atoms with Crippen LogP contribution in [0.2, 0.25) is 0 Å². The van der Waals surface area contributed by atoms with E-state index in [1.54, 1.807) is 18.3 Å². The normalized spacial score (nSPS) is 9.93. The predicted octanol–water partition coefficient (Wildman–Crippen LogP) is 2.30. The highest BCUT2D eigenvalue weighted by Gasteiger charge is 2.01. The summed E-state index contributed by atoms with van der Waals surface area (Å²) >= 11 is 0. The number of aromatic nitrogens is 1. The highest BCUT2D eigenvalue weighted by molar-refractivity contribution is 5.88. The van der Waals surface area contributed by atoms with Gasteiger partial charge in [0.2, 0.25) is 11.8 Å². The summed E-state index contributed by atoms with van der Waals surface area (Å²) < 4.78 is 5.14. The SMILES string of the molecule is CC(=O)Nc1ccc(-c2ncco2)cc1. The molecule has 0 fully saturated rings. The lowest BCUT2D eigenvalue weighted by atomic mass is 10.2. The first kappa shape index (κ1) is 9.45. The summed E-state index contributed by atoms with van der Waals surface area (Å²) in [6.45, 7) is 1.47. The molecule has 1 aromatic heterocycles. The smallest absolute Gasteiger partial charge is 0.225 e. The van der Waals surface area contributed by atoms with Crippen LogP contribution in [0.4, 0.5) is 5.69 Å². The standard InChI is InChI=1S/C11H10N2O2/c1-8(14)13-10-4-2-9(3-5-10)11-12-6-7-15-11/h2-7H,1H3,(H,13,14). The summed E-state index contributed by atoms with van der Waals surface area (Å²) in [6, 6.07) is 7.30. The molecule has 1 amide bonds. The van der Waals surface area contributed by atoms with E-state index in [2.05, 4.69) is 10.3 Å². The molecule has 0 saturated heterocycles. The molecule has 2 rings (SSSR count). The number of nitrogens with one attached hydrogen (secondary N) is 1. The topological polar surface area (TPSA) is 55.1 Å². The molecule has 0 aliphatic rings. The molecule has 0 bridgehead atoms. The fraction of sp³-hybridized carbons (Fsp3) is 0.0909. The number of hydrogen-bond donors (Lipinski definition) is 1. The minimum atomic E-state index is -0.0844. The number of rotatable bonds is 2. The number of hydrogen-bond acceptors (Lipinski definition) is 3. The van der Waals surface area contributed by atoms with Crippen molar-refractivity contribution >= 4 is 11.6 Å². The van der Waals surface area contributed by atoms with E-state index in [1.807, 2.05) is 12.1 Å². The highest BCUT2D eigenvalue weighted by Crippen LogP contribution is 2.19. The lowest BCUT2D eigenvalue weighted by Crippen LogP contribution is -2.05. The zero-order valence-corrected chi connectivity index (χ0v) is 8.23. The third kappa shape index (κ3) is 2.22. The highest BCUT2D eigenvalue weighted by atomic mass is 16.3. The molecule has 0 aliphatic heterocycles. The van der Waals surface area contributed by atoms with Gasteiger partial charge in [0.1, 0.15) is 6.26 Å². The summed E-state index contributed by atoms with van der Waals surface area (Å²) in [7, 11) is 0. The molecule has 0 saturated carbocycles. The van der Waals surface area contributed by atoms with Gasteiger partial charge in [-0.15, -0.1) is 0 Å². The molecule has 1 heterocycles. The van der Waals surface area contributed by atoms with E-state index in [0.717, 1.165) is 11.3 Å². The third-order valence-corrected chi connectivity index (χ3v) is 1.88. The van der Waals surface area contributed by atoms with Gasteiger partial charge < -0.3 is 9.73 Å². The Kier molecular flexibility index (Phi) is 2.49. The van der Waals surface area contributed by atoms with Crippen molar-refractivity contribution in [1.82, 2.24) is 4.98 Å². The molecule has 2 aromatic rings. The van der Waals surface area contributed by atoms with Crippen LogP contribution >= 0.6 is 0 Å². The molecule has 0 radical (unpaired) electrons. The summed E-state index contributed by atoms with van der Waals surface area (Å²) in [5, 5.41) is 2.69. The van der Waals surface area contributed by atoms with Gasteiger partial charge in [-0.3, -0.25) is 4.79 Å². The van der Waals surface area contributed by atoms with Crippen molar-refractivity contribution in [2.24, 2.45) is 0 Å². The lowest BCUT2D eigenvalue weighted by molar-refractivity contribution is -0.114. The second-order valence-electron chi connectivity index (χ2n) is 3.10. The number of amides is 1. The molecule has 1 N–H and O–H groups in total. The summed E-state index contributed by atoms with van der Waals surface area (Å²) in [6.07, 6.45) is 3.12. The first-order valence-corrected chi connectivity index (χ1v) is 4.53. The van der Waals surface area contributed by atoms with Gasteiger partial charge >= 0.3 is 0 Å². The zero-order chi connectivity index (χ0) is 10.7.